The largest absolute Gasteiger partial charge is 0.246 e. The lowest BCUT2D eigenvalue weighted by Crippen LogP contribution is -1.72. The number of rotatable bonds is 1. The van der Waals surface area contributed by atoms with E-state index < -0.39 is 6.65 Å². The van der Waals surface area contributed by atoms with E-state index in [0.717, 1.165) is 0 Å². The van der Waals surface area contributed by atoms with Gasteiger partial charge in [-0.15, -0.1) is 0 Å². The summed E-state index contributed by atoms with van der Waals surface area (Å²) in [4.78, 5) is 0. The molecule has 0 heterocycles. The molecule has 8 heavy (non-hydrogen) atoms. The van der Waals surface area contributed by atoms with Crippen molar-refractivity contribution in [3.05, 3.63) is 35.9 Å². The minimum atomic E-state index is -1.59. The molecule has 0 N–H and O–H groups in total. The van der Waals surface area contributed by atoms with Crippen LogP contribution in [0.15, 0.2) is 30.3 Å². The summed E-state index contributed by atoms with van der Waals surface area (Å²) in [6, 6.07) is 8.42. The third-order valence-electron chi connectivity index (χ3n) is 0.926. The van der Waals surface area contributed by atoms with Crippen molar-refractivity contribution in [3.63, 3.8) is 0 Å². The predicted octanol–water partition coefficient (Wildman–Crippen LogP) is 2.16. The molecule has 0 aliphatic heterocycles. The van der Waals surface area contributed by atoms with E-state index in [1.807, 2.05) is 0 Å². The highest BCUT2D eigenvalue weighted by atomic mass is 19.1. The first-order valence-corrected chi connectivity index (χ1v) is 2.42. The van der Waals surface area contributed by atoms with Crippen LogP contribution in [0.4, 0.5) is 4.39 Å². The Morgan fingerprint density at radius 3 is 2.38 bits per heavy atom. The van der Waals surface area contributed by atoms with Crippen molar-refractivity contribution >= 4 is 0 Å². The maximum Gasteiger partial charge on any atom is 0.115 e. The van der Waals surface area contributed by atoms with Crippen LogP contribution in [0.3, 0.4) is 0 Å². The maximum atomic E-state index is 12.1. The lowest BCUT2D eigenvalue weighted by Gasteiger charge is -1.87. The van der Waals surface area contributed by atoms with E-state index in [0.29, 0.717) is 5.56 Å². The predicted molar refractivity (Wildman–Crippen MR) is 31.3 cm³/mol. The Hall–Kier alpha value is -0.850. The molecule has 1 aromatic carbocycles. The number of hydrogen-bond donors (Lipinski definition) is 0. The van der Waals surface area contributed by atoms with Gasteiger partial charge in [-0.2, -0.15) is 0 Å². The third kappa shape index (κ3) is 1.06. The van der Waals surface area contributed by atoms with Crippen LogP contribution in [0.25, 0.3) is 0 Å². The lowest BCUT2D eigenvalue weighted by atomic mass is 10.2. The summed E-state index contributed by atoms with van der Waals surface area (Å²) >= 11 is 0. The molecule has 1 aromatic rings. The summed E-state index contributed by atoms with van der Waals surface area (Å²) in [7, 11) is 0. The molecule has 0 saturated heterocycles. The zero-order chi connectivity index (χ0) is 6.69. The van der Waals surface area contributed by atoms with Crippen molar-refractivity contribution in [2.24, 2.45) is 0 Å². The van der Waals surface area contributed by atoms with Crippen LogP contribution in [-0.4, -0.2) is 0 Å². The molecule has 0 aliphatic rings. The fraction of sp³-hybridized carbons (Fsp3) is 0.143. The Bertz CT molecular complexity index is 172. The van der Waals surface area contributed by atoms with Crippen molar-refractivity contribution in [1.29, 1.82) is 0 Å². The van der Waals surface area contributed by atoms with Crippen LogP contribution in [-0.2, 0) is 6.65 Å². The van der Waals surface area contributed by atoms with Gasteiger partial charge in [0, 0.05) is 0 Å². The van der Waals surface area contributed by atoms with Gasteiger partial charge in [0.15, 0.2) is 0 Å². The molecule has 1 rings (SSSR count). The molecule has 0 aromatic heterocycles. The van der Waals surface area contributed by atoms with Crippen molar-refractivity contribution in [2.45, 2.75) is 6.65 Å². The van der Waals surface area contributed by atoms with E-state index in [1.165, 1.54) is 0 Å². The van der Waals surface area contributed by atoms with E-state index in [-0.39, 0.29) is 0 Å². The van der Waals surface area contributed by atoms with Gasteiger partial charge in [0.2, 0.25) is 0 Å². The van der Waals surface area contributed by atoms with Crippen LogP contribution >= 0.6 is 0 Å². The summed E-state index contributed by atoms with van der Waals surface area (Å²) in [5.74, 6) is 0. The van der Waals surface area contributed by atoms with Gasteiger partial charge < -0.3 is 0 Å². The zero-order valence-corrected chi connectivity index (χ0v) is 4.34. The number of alkyl halides is 1. The summed E-state index contributed by atoms with van der Waals surface area (Å²) in [5, 5.41) is 0. The van der Waals surface area contributed by atoms with Crippen LogP contribution in [0.5, 0.6) is 0 Å². The molecule has 0 radical (unpaired) electrons. The second-order valence-electron chi connectivity index (χ2n) is 1.52. The van der Waals surface area contributed by atoms with Gasteiger partial charge in [-0.3, -0.25) is 0 Å². The average molecular weight is 111 g/mol. The Morgan fingerprint density at radius 2 is 2.00 bits per heavy atom. The van der Waals surface area contributed by atoms with Crippen LogP contribution in [0.1, 0.15) is 6.93 Å². The molecule has 1 heteroatoms. The minimum Gasteiger partial charge on any atom is -0.246 e. The Balaban J connectivity index is 2.85. The second kappa shape index (κ2) is 2.46. The molecule has 0 amide bonds. The van der Waals surface area contributed by atoms with Gasteiger partial charge in [0.1, 0.15) is 6.65 Å². The van der Waals surface area contributed by atoms with Crippen molar-refractivity contribution < 1.29 is 5.76 Å². The first-order chi connectivity index (χ1) is 4.30. The highest BCUT2D eigenvalue weighted by molar-refractivity contribution is 5.13. The Morgan fingerprint density at radius 1 is 1.38 bits per heavy atom. The van der Waals surface area contributed by atoms with Crippen LogP contribution < -0.4 is 0 Å². The normalized spacial score (nSPS) is 14.9. The molecule has 0 spiro atoms. The van der Waals surface area contributed by atoms with E-state index in [9.17, 15) is 4.39 Å². The zero-order valence-electron chi connectivity index (χ0n) is 5.34. The highest BCUT2D eigenvalue weighted by Gasteiger charge is 1.82. The van der Waals surface area contributed by atoms with E-state index in [1.54, 1.807) is 30.3 Å². The number of benzene rings is 1. The average Bonchev–Trinajstić information content (AvgIpc) is 1.90. The quantitative estimate of drug-likeness (QED) is 0.521. The van der Waals surface area contributed by atoms with Gasteiger partial charge in [0.05, 0.1) is 1.37 Å². The Kier molecular flexibility index (Phi) is 1.25. The van der Waals surface area contributed by atoms with E-state index >= 15 is 0 Å². The van der Waals surface area contributed by atoms with Gasteiger partial charge in [0.25, 0.3) is 0 Å². The fourth-order valence-corrected chi connectivity index (χ4v) is 0.526. The lowest BCUT2D eigenvalue weighted by molar-refractivity contribution is 0.485. The summed E-state index contributed by atoms with van der Waals surface area (Å²) < 4.78 is 18.8. The molecular formula is C7H7F. The fourth-order valence-electron chi connectivity index (χ4n) is 0.526. The first-order valence-electron chi connectivity index (χ1n) is 2.99. The Labute approximate surface area is 49.4 Å². The van der Waals surface area contributed by atoms with Crippen LogP contribution in [0, 0.1) is 0 Å². The molecule has 0 aliphatic carbocycles. The number of hydrogen-bond acceptors (Lipinski definition) is 0. The first kappa shape index (κ1) is 4.07. The van der Waals surface area contributed by atoms with Gasteiger partial charge in [-0.1, -0.05) is 30.3 Å². The SMILES string of the molecule is [2H]C(F)c1ccccc1. The van der Waals surface area contributed by atoms with Crippen LogP contribution in [0.2, 0.25) is 0 Å². The smallest absolute Gasteiger partial charge is 0.115 e. The maximum absolute atomic E-state index is 12.1. The molecule has 0 fully saturated rings. The summed E-state index contributed by atoms with van der Waals surface area (Å²) in [6.45, 7) is -1.59. The standard InChI is InChI=1S/C7H7F/c8-6-7-4-2-1-3-5-7/h1-5H,6H2/i6D. The molecule has 1 unspecified atom stereocenters. The van der Waals surface area contributed by atoms with Crippen molar-refractivity contribution in [1.82, 2.24) is 0 Å². The van der Waals surface area contributed by atoms with Crippen molar-refractivity contribution in [2.75, 3.05) is 0 Å². The topological polar surface area (TPSA) is 0 Å². The van der Waals surface area contributed by atoms with Gasteiger partial charge in [-0.25, -0.2) is 4.39 Å². The molecule has 0 nitrogen and oxygen atoms in total. The third-order valence-corrected chi connectivity index (χ3v) is 0.926. The van der Waals surface area contributed by atoms with Gasteiger partial charge in [-0.05, 0) is 5.56 Å². The van der Waals surface area contributed by atoms with E-state index in [2.05, 4.69) is 0 Å². The highest BCUT2D eigenvalue weighted by Crippen LogP contribution is 1.98. The number of halogens is 1. The van der Waals surface area contributed by atoms with E-state index in [4.69, 9.17) is 1.37 Å². The van der Waals surface area contributed by atoms with Crippen molar-refractivity contribution in [3.8, 4) is 0 Å². The summed E-state index contributed by atoms with van der Waals surface area (Å²) in [6.07, 6.45) is 0. The molecule has 1 atom stereocenters. The summed E-state index contributed by atoms with van der Waals surface area (Å²) in [5.41, 5.74) is 0.414. The molecule has 0 bridgehead atoms. The second-order valence-corrected chi connectivity index (χ2v) is 1.52. The minimum absolute atomic E-state index is 0.414. The molecule has 42 valence electrons. The monoisotopic (exact) mass is 111 g/mol. The molecular weight excluding hydrogens is 103 g/mol. The molecule has 0 saturated carbocycles. The van der Waals surface area contributed by atoms with Gasteiger partial charge >= 0.3 is 0 Å².